The van der Waals surface area contributed by atoms with E-state index in [4.69, 9.17) is 0 Å². The highest BCUT2D eigenvalue weighted by molar-refractivity contribution is 8.00. The summed E-state index contributed by atoms with van der Waals surface area (Å²) in [6, 6.07) is 16.3. The summed E-state index contributed by atoms with van der Waals surface area (Å²) in [7, 11) is 0. The minimum absolute atomic E-state index is 0.143. The number of thioether (sulfide) groups is 1. The maximum absolute atomic E-state index is 13.9. The third kappa shape index (κ3) is 5.65. The van der Waals surface area contributed by atoms with Crippen LogP contribution < -0.4 is 15.1 Å². The van der Waals surface area contributed by atoms with Crippen molar-refractivity contribution in [1.82, 2.24) is 4.57 Å². The van der Waals surface area contributed by atoms with Gasteiger partial charge in [0.25, 0.3) is 0 Å². The number of rotatable bonds is 5. The van der Waals surface area contributed by atoms with Crippen LogP contribution in [-0.4, -0.2) is 27.5 Å². The molecule has 45 heavy (non-hydrogen) atoms. The number of carbonyl (C=O) groups is 3. The van der Waals surface area contributed by atoms with Gasteiger partial charge in [-0.15, -0.1) is 0 Å². The van der Waals surface area contributed by atoms with E-state index in [1.165, 1.54) is 12.1 Å². The third-order valence-electron chi connectivity index (χ3n) is 7.42. The molecule has 4 aromatic rings. The molecule has 0 bridgehead atoms. The van der Waals surface area contributed by atoms with Gasteiger partial charge in [0.1, 0.15) is 11.8 Å². The minimum Gasteiger partial charge on any atom is -0.325 e. The van der Waals surface area contributed by atoms with E-state index in [0.29, 0.717) is 10.4 Å². The van der Waals surface area contributed by atoms with Crippen LogP contribution in [-0.2, 0) is 33.3 Å². The zero-order valence-corrected chi connectivity index (χ0v) is 24.2. The lowest BCUT2D eigenvalue weighted by molar-refractivity contribution is -0.138. The summed E-state index contributed by atoms with van der Waals surface area (Å²) in [5, 5.41) is 1.43. The molecule has 3 heterocycles. The van der Waals surface area contributed by atoms with Crippen LogP contribution in [0.5, 0.6) is 0 Å². The Labute approximate surface area is 258 Å². The highest BCUT2D eigenvalue weighted by Gasteiger charge is 2.57. The number of halogens is 6. The number of carbonyl (C=O) groups excluding carboxylic acids is 3. The van der Waals surface area contributed by atoms with Gasteiger partial charge in [-0.05, 0) is 42.0 Å². The standard InChI is InChI=1S/C30H19F6N3O4S2/c31-29(32,33)16-8-4-10-18(12-16)37-20(40)14-38-27-24(45-28(38)43)21(15-6-2-1-3-7-15)22-23(44-27)26(42)39(25(22)41)19-11-5-9-17(13-19)30(34,35)36/h1-13,21-23H,14H2,(H,37,40)/t21-,22?,23?/m0/s1. The van der Waals surface area contributed by atoms with Crippen LogP contribution in [0.2, 0.25) is 0 Å². The lowest BCUT2D eigenvalue weighted by Crippen LogP contribution is -2.33. The van der Waals surface area contributed by atoms with E-state index in [-0.39, 0.29) is 16.4 Å². The van der Waals surface area contributed by atoms with Crippen LogP contribution in [0, 0.1) is 5.92 Å². The number of benzene rings is 3. The van der Waals surface area contributed by atoms with Gasteiger partial charge in [-0.3, -0.25) is 23.7 Å². The second-order valence-corrected chi connectivity index (χ2v) is 12.4. The molecule has 0 spiro atoms. The summed E-state index contributed by atoms with van der Waals surface area (Å²) in [6.07, 6.45) is -9.36. The number of hydrogen-bond donors (Lipinski definition) is 1. The average molecular weight is 664 g/mol. The Hall–Kier alpha value is -4.37. The van der Waals surface area contributed by atoms with Crippen LogP contribution >= 0.6 is 23.1 Å². The van der Waals surface area contributed by atoms with Crippen molar-refractivity contribution in [3.05, 3.63) is 110 Å². The van der Waals surface area contributed by atoms with Crippen molar-refractivity contribution < 1.29 is 40.7 Å². The first kappa shape index (κ1) is 30.6. The summed E-state index contributed by atoms with van der Waals surface area (Å²) in [4.78, 5) is 54.3. The Morgan fingerprint density at radius 1 is 0.800 bits per heavy atom. The van der Waals surface area contributed by atoms with Gasteiger partial charge in [-0.2, -0.15) is 26.3 Å². The van der Waals surface area contributed by atoms with Crippen LogP contribution in [0.4, 0.5) is 37.7 Å². The number of anilines is 2. The molecule has 1 aromatic heterocycles. The number of hydrogen-bond acceptors (Lipinski definition) is 6. The molecule has 1 fully saturated rings. The molecule has 1 N–H and O–H groups in total. The Morgan fingerprint density at radius 3 is 2.11 bits per heavy atom. The molecule has 2 unspecified atom stereocenters. The molecule has 0 saturated carbocycles. The lowest BCUT2D eigenvalue weighted by atomic mass is 9.83. The third-order valence-corrected chi connectivity index (χ3v) is 10.0. The molecule has 0 aliphatic carbocycles. The second kappa shape index (κ2) is 11.2. The molecule has 6 rings (SSSR count). The number of alkyl halides is 6. The number of nitrogens with zero attached hydrogens (tertiary/aromatic N) is 2. The van der Waals surface area contributed by atoms with Gasteiger partial charge >= 0.3 is 17.2 Å². The molecule has 7 nitrogen and oxygen atoms in total. The normalized spacial score (nSPS) is 19.8. The van der Waals surface area contributed by atoms with Gasteiger partial charge in [0.05, 0.1) is 27.8 Å². The highest BCUT2D eigenvalue weighted by atomic mass is 32.2. The zero-order valence-electron chi connectivity index (χ0n) is 22.6. The topological polar surface area (TPSA) is 88.5 Å². The van der Waals surface area contributed by atoms with Crippen LogP contribution in [0.25, 0.3) is 0 Å². The van der Waals surface area contributed by atoms with E-state index in [2.05, 4.69) is 5.32 Å². The molecule has 15 heteroatoms. The molecule has 3 atom stereocenters. The van der Waals surface area contributed by atoms with Gasteiger partial charge in [-0.1, -0.05) is 65.6 Å². The van der Waals surface area contributed by atoms with Gasteiger partial charge in [0.2, 0.25) is 17.7 Å². The molecule has 232 valence electrons. The molecular formula is C30H19F6N3O4S2. The number of aromatic nitrogens is 1. The molecular weight excluding hydrogens is 644 g/mol. The maximum Gasteiger partial charge on any atom is 0.416 e. The van der Waals surface area contributed by atoms with Crippen LogP contribution in [0.3, 0.4) is 0 Å². The van der Waals surface area contributed by atoms with E-state index < -0.39 is 69.7 Å². The molecule has 3 amide bonds. The Bertz CT molecular complexity index is 1890. The number of imide groups is 1. The van der Waals surface area contributed by atoms with E-state index in [9.17, 15) is 45.5 Å². The van der Waals surface area contributed by atoms with Crippen LogP contribution in [0.15, 0.2) is 88.7 Å². The van der Waals surface area contributed by atoms with E-state index >= 15 is 0 Å². The monoisotopic (exact) mass is 663 g/mol. The number of amides is 3. The first-order chi connectivity index (χ1) is 21.2. The summed E-state index contributed by atoms with van der Waals surface area (Å²) < 4.78 is 80.9. The first-order valence-electron chi connectivity index (χ1n) is 13.2. The summed E-state index contributed by atoms with van der Waals surface area (Å²) >= 11 is 1.61. The minimum atomic E-state index is -4.72. The second-order valence-electron chi connectivity index (χ2n) is 10.3. The summed E-state index contributed by atoms with van der Waals surface area (Å²) in [6.45, 7) is -0.605. The van der Waals surface area contributed by atoms with E-state index in [1.807, 2.05) is 0 Å². The lowest BCUT2D eigenvalue weighted by Gasteiger charge is -2.30. The maximum atomic E-state index is 13.9. The van der Waals surface area contributed by atoms with E-state index in [0.717, 1.165) is 69.0 Å². The van der Waals surface area contributed by atoms with Gasteiger partial charge in [0.15, 0.2) is 0 Å². The Morgan fingerprint density at radius 2 is 1.44 bits per heavy atom. The van der Waals surface area contributed by atoms with Crippen molar-refractivity contribution in [2.24, 2.45) is 5.92 Å². The summed E-state index contributed by atoms with van der Waals surface area (Å²) in [5.74, 6) is -4.23. The SMILES string of the molecule is O=C(Cn1c2c(sc1=O)[C@@H](c1ccccc1)C1C(=O)N(c3cccc(C(F)(F)F)c3)C(=O)C1S2)Nc1cccc(C(F)(F)F)c1. The fourth-order valence-electron chi connectivity index (χ4n) is 5.47. The molecule has 2 aliphatic heterocycles. The molecule has 0 radical (unpaired) electrons. The quantitative estimate of drug-likeness (QED) is 0.198. The first-order valence-corrected chi connectivity index (χ1v) is 14.9. The fourth-order valence-corrected chi connectivity index (χ4v) is 8.24. The highest BCUT2D eigenvalue weighted by Crippen LogP contribution is 2.54. The van der Waals surface area contributed by atoms with Crippen LogP contribution in [0.1, 0.15) is 27.5 Å². The van der Waals surface area contributed by atoms with Gasteiger partial charge < -0.3 is 5.32 Å². The smallest absolute Gasteiger partial charge is 0.325 e. The summed E-state index contributed by atoms with van der Waals surface area (Å²) in [5.41, 5.74) is -1.84. The number of fused-ring (bicyclic) bond motifs is 2. The van der Waals surface area contributed by atoms with Crippen molar-refractivity contribution in [2.45, 2.75) is 35.1 Å². The molecule has 2 aliphatic rings. The molecule has 3 aromatic carbocycles. The predicted octanol–water partition coefficient (Wildman–Crippen LogP) is 6.38. The zero-order chi connectivity index (χ0) is 32.3. The Balaban J connectivity index is 1.37. The van der Waals surface area contributed by atoms with Crippen molar-refractivity contribution in [3.63, 3.8) is 0 Å². The molecule has 1 saturated heterocycles. The van der Waals surface area contributed by atoms with Gasteiger partial charge in [0, 0.05) is 16.5 Å². The predicted molar refractivity (Wildman–Crippen MR) is 154 cm³/mol. The van der Waals surface area contributed by atoms with Crippen molar-refractivity contribution in [1.29, 1.82) is 0 Å². The van der Waals surface area contributed by atoms with Crippen molar-refractivity contribution >= 4 is 52.2 Å². The Kier molecular flexibility index (Phi) is 7.64. The fraction of sp³-hybridized carbons (Fsp3) is 0.200. The van der Waals surface area contributed by atoms with Gasteiger partial charge in [-0.25, -0.2) is 4.90 Å². The number of thiazole rings is 1. The van der Waals surface area contributed by atoms with Crippen molar-refractivity contribution in [2.75, 3.05) is 10.2 Å². The number of nitrogens with one attached hydrogen (secondary N) is 1. The largest absolute Gasteiger partial charge is 0.416 e. The average Bonchev–Trinajstić information content (AvgIpc) is 3.43. The van der Waals surface area contributed by atoms with Crippen molar-refractivity contribution in [3.8, 4) is 0 Å². The van der Waals surface area contributed by atoms with E-state index in [1.54, 1.807) is 30.3 Å².